The number of thiazole rings is 1. The molecule has 1 amide bonds. The fraction of sp³-hybridized carbons (Fsp3) is 0.429. The first-order valence-corrected chi connectivity index (χ1v) is 8.70. The van der Waals surface area contributed by atoms with Crippen LogP contribution in [0.2, 0.25) is 0 Å². The van der Waals surface area contributed by atoms with Gasteiger partial charge in [-0.25, -0.2) is 9.97 Å². The lowest BCUT2D eigenvalue weighted by Gasteiger charge is -2.23. The van der Waals surface area contributed by atoms with Crippen molar-refractivity contribution < 1.29 is 4.79 Å². The summed E-state index contributed by atoms with van der Waals surface area (Å²) in [6.45, 7) is 5.99. The van der Waals surface area contributed by atoms with Crippen LogP contribution in [-0.2, 0) is 11.3 Å². The summed E-state index contributed by atoms with van der Waals surface area (Å²) in [5.74, 6) is 0.258. The molecule has 1 aliphatic heterocycles. The molecule has 0 unspecified atom stereocenters. The number of thioether (sulfide) groups is 1. The quantitative estimate of drug-likeness (QED) is 0.849. The predicted molar refractivity (Wildman–Crippen MR) is 87.7 cm³/mol. The Balaban J connectivity index is 1.78. The summed E-state index contributed by atoms with van der Waals surface area (Å²) in [6.07, 6.45) is 1.59. The number of fused-ring (bicyclic) bond motifs is 1. The van der Waals surface area contributed by atoms with Gasteiger partial charge in [0, 0.05) is 28.9 Å². The van der Waals surface area contributed by atoms with Crippen molar-refractivity contribution in [3.8, 4) is 0 Å². The molecule has 0 fully saturated rings. The first kappa shape index (κ1) is 15.2. The van der Waals surface area contributed by atoms with Crippen LogP contribution < -0.4 is 10.9 Å². The van der Waals surface area contributed by atoms with Crippen LogP contribution in [0.25, 0.3) is 0 Å². The molecule has 1 aliphatic rings. The van der Waals surface area contributed by atoms with Crippen LogP contribution in [-0.4, -0.2) is 26.2 Å². The van der Waals surface area contributed by atoms with Gasteiger partial charge in [0.15, 0.2) is 10.3 Å². The first-order valence-electron chi connectivity index (χ1n) is 6.90. The Morgan fingerprint density at radius 2 is 2.18 bits per heavy atom. The first-order chi connectivity index (χ1) is 10.5. The smallest absolute Gasteiger partial charge is 0.257 e. The van der Waals surface area contributed by atoms with E-state index < -0.39 is 0 Å². The molecule has 2 aromatic rings. The highest BCUT2D eigenvalue weighted by Gasteiger charge is 2.27. The van der Waals surface area contributed by atoms with E-state index in [4.69, 9.17) is 0 Å². The summed E-state index contributed by atoms with van der Waals surface area (Å²) in [5.41, 5.74) is 1.45. The maximum absolute atomic E-state index is 12.4. The van der Waals surface area contributed by atoms with E-state index in [1.165, 1.54) is 23.1 Å². The number of amides is 1. The van der Waals surface area contributed by atoms with E-state index in [0.29, 0.717) is 28.1 Å². The highest BCUT2D eigenvalue weighted by atomic mass is 32.2. The minimum Gasteiger partial charge on any atom is -0.302 e. The second-order valence-corrected chi connectivity index (χ2v) is 7.49. The highest BCUT2D eigenvalue weighted by Crippen LogP contribution is 2.27. The van der Waals surface area contributed by atoms with Gasteiger partial charge in [-0.05, 0) is 20.8 Å². The van der Waals surface area contributed by atoms with Crippen LogP contribution in [0.4, 0.5) is 5.13 Å². The molecule has 2 aromatic heterocycles. The molecule has 0 aliphatic carbocycles. The van der Waals surface area contributed by atoms with Gasteiger partial charge in [0.05, 0.1) is 11.6 Å². The molecule has 3 heterocycles. The fourth-order valence-corrected chi connectivity index (χ4v) is 4.06. The number of hydrogen-bond acceptors (Lipinski definition) is 6. The van der Waals surface area contributed by atoms with Crippen molar-refractivity contribution in [3.63, 3.8) is 0 Å². The SMILES string of the molecule is Cc1nc(NC(=O)[C@@H]2CSc3ncc(C)c(=O)n3C2)sc1C. The van der Waals surface area contributed by atoms with Gasteiger partial charge in [-0.3, -0.25) is 14.2 Å². The van der Waals surface area contributed by atoms with Crippen molar-refractivity contribution in [2.24, 2.45) is 5.92 Å². The van der Waals surface area contributed by atoms with Crippen molar-refractivity contribution in [1.82, 2.24) is 14.5 Å². The zero-order chi connectivity index (χ0) is 15.9. The number of hydrogen-bond donors (Lipinski definition) is 1. The Morgan fingerprint density at radius 1 is 1.41 bits per heavy atom. The number of carbonyl (C=O) groups is 1. The Hall–Kier alpha value is -1.67. The van der Waals surface area contributed by atoms with Crippen LogP contribution >= 0.6 is 23.1 Å². The van der Waals surface area contributed by atoms with Gasteiger partial charge < -0.3 is 5.32 Å². The lowest BCUT2D eigenvalue weighted by Crippen LogP contribution is -2.37. The maximum Gasteiger partial charge on any atom is 0.257 e. The molecular weight excluding hydrogens is 320 g/mol. The lowest BCUT2D eigenvalue weighted by atomic mass is 10.1. The molecule has 1 N–H and O–H groups in total. The minimum atomic E-state index is -0.261. The number of rotatable bonds is 2. The minimum absolute atomic E-state index is 0.0732. The summed E-state index contributed by atoms with van der Waals surface area (Å²) < 4.78 is 1.59. The van der Waals surface area contributed by atoms with E-state index >= 15 is 0 Å². The molecule has 22 heavy (non-hydrogen) atoms. The zero-order valence-electron chi connectivity index (χ0n) is 12.5. The van der Waals surface area contributed by atoms with Crippen LogP contribution in [0.15, 0.2) is 16.1 Å². The van der Waals surface area contributed by atoms with Crippen molar-refractivity contribution in [1.29, 1.82) is 0 Å². The van der Waals surface area contributed by atoms with Crippen molar-refractivity contribution in [3.05, 3.63) is 32.7 Å². The predicted octanol–water partition coefficient (Wildman–Crippen LogP) is 1.99. The standard InChI is InChI=1S/C14H16N4O2S2/c1-7-4-15-14-18(12(7)20)5-10(6-21-14)11(19)17-13-16-8(2)9(3)22-13/h4,10H,5-6H2,1-3H3,(H,16,17,19)/t10-/m0/s1. The third-order valence-electron chi connectivity index (χ3n) is 3.63. The molecule has 0 aromatic carbocycles. The molecule has 116 valence electrons. The molecule has 0 saturated heterocycles. The van der Waals surface area contributed by atoms with Gasteiger partial charge in [-0.1, -0.05) is 11.8 Å². The van der Waals surface area contributed by atoms with Gasteiger partial charge in [0.1, 0.15) is 0 Å². The summed E-state index contributed by atoms with van der Waals surface area (Å²) >= 11 is 2.91. The molecule has 0 radical (unpaired) electrons. The van der Waals surface area contributed by atoms with E-state index in [1.807, 2.05) is 13.8 Å². The lowest BCUT2D eigenvalue weighted by molar-refractivity contribution is -0.119. The van der Waals surface area contributed by atoms with Crippen LogP contribution in [0.5, 0.6) is 0 Å². The van der Waals surface area contributed by atoms with Crippen molar-refractivity contribution >= 4 is 34.1 Å². The molecular formula is C14H16N4O2S2. The Kier molecular flexibility index (Phi) is 4.05. The topological polar surface area (TPSA) is 76.9 Å². The van der Waals surface area contributed by atoms with E-state index in [1.54, 1.807) is 17.7 Å². The molecule has 3 rings (SSSR count). The monoisotopic (exact) mass is 336 g/mol. The summed E-state index contributed by atoms with van der Waals surface area (Å²) in [7, 11) is 0. The van der Waals surface area contributed by atoms with Gasteiger partial charge >= 0.3 is 0 Å². The third-order valence-corrected chi connectivity index (χ3v) is 5.77. The maximum atomic E-state index is 12.4. The molecule has 8 heteroatoms. The van der Waals surface area contributed by atoms with E-state index in [2.05, 4.69) is 15.3 Å². The molecule has 1 atom stereocenters. The van der Waals surface area contributed by atoms with Gasteiger partial charge in [-0.2, -0.15) is 0 Å². The Morgan fingerprint density at radius 3 is 2.86 bits per heavy atom. The third kappa shape index (κ3) is 2.80. The van der Waals surface area contributed by atoms with Crippen LogP contribution in [0.3, 0.4) is 0 Å². The van der Waals surface area contributed by atoms with Gasteiger partial charge in [-0.15, -0.1) is 11.3 Å². The number of carbonyl (C=O) groups excluding carboxylic acids is 1. The summed E-state index contributed by atoms with van der Waals surface area (Å²) in [5, 5.41) is 4.15. The Bertz CT molecular complexity index is 777. The second kappa shape index (κ2) is 5.85. The number of anilines is 1. The molecule has 0 saturated carbocycles. The second-order valence-electron chi connectivity index (χ2n) is 5.30. The highest BCUT2D eigenvalue weighted by molar-refractivity contribution is 7.99. The van der Waals surface area contributed by atoms with Crippen LogP contribution in [0, 0.1) is 26.7 Å². The molecule has 6 nitrogen and oxygen atoms in total. The number of nitrogens with zero attached hydrogens (tertiary/aromatic N) is 3. The molecule has 0 bridgehead atoms. The summed E-state index contributed by atoms with van der Waals surface area (Å²) in [6, 6.07) is 0. The normalized spacial score (nSPS) is 17.1. The summed E-state index contributed by atoms with van der Waals surface area (Å²) in [4.78, 5) is 34.2. The average Bonchev–Trinajstić information content (AvgIpc) is 2.81. The number of nitrogens with one attached hydrogen (secondary N) is 1. The zero-order valence-corrected chi connectivity index (χ0v) is 14.2. The Labute approximate surface area is 136 Å². The van der Waals surface area contributed by atoms with Gasteiger partial charge in [0.2, 0.25) is 5.91 Å². The van der Waals surface area contributed by atoms with E-state index in [0.717, 1.165) is 10.6 Å². The van der Waals surface area contributed by atoms with Crippen LogP contribution in [0.1, 0.15) is 16.1 Å². The largest absolute Gasteiger partial charge is 0.302 e. The number of aromatic nitrogens is 3. The van der Waals surface area contributed by atoms with Gasteiger partial charge in [0.25, 0.3) is 5.56 Å². The van der Waals surface area contributed by atoms with Crippen molar-refractivity contribution in [2.75, 3.05) is 11.1 Å². The fourth-order valence-electron chi connectivity index (χ4n) is 2.19. The average molecular weight is 336 g/mol. The van der Waals surface area contributed by atoms with E-state index in [-0.39, 0.29) is 17.4 Å². The van der Waals surface area contributed by atoms with Crippen molar-refractivity contribution in [2.45, 2.75) is 32.5 Å². The van der Waals surface area contributed by atoms with E-state index in [9.17, 15) is 9.59 Å². The molecule has 0 spiro atoms. The number of aryl methyl sites for hydroxylation is 3.